The zero-order valence-electron chi connectivity index (χ0n) is 31.3. The van der Waals surface area contributed by atoms with Gasteiger partial charge >= 0.3 is 0 Å². The Morgan fingerprint density at radius 2 is 0.897 bits per heavy atom. The van der Waals surface area contributed by atoms with Gasteiger partial charge in [-0.15, -0.1) is 0 Å². The van der Waals surface area contributed by atoms with Gasteiger partial charge in [0, 0.05) is 26.5 Å². The van der Waals surface area contributed by atoms with Gasteiger partial charge in [0.15, 0.2) is 5.82 Å². The fourth-order valence-electron chi connectivity index (χ4n) is 8.96. The zero-order valence-corrected chi connectivity index (χ0v) is 32.1. The normalized spacial score (nSPS) is 12.9. The number of nitriles is 1. The van der Waals surface area contributed by atoms with E-state index >= 15 is 0 Å². The van der Waals surface area contributed by atoms with Gasteiger partial charge < -0.3 is 0 Å². The number of aromatic nitrogens is 2. The third-order valence-electron chi connectivity index (χ3n) is 11.6. The molecule has 0 amide bonds. The Bertz CT molecular complexity index is 2970. The van der Waals surface area contributed by atoms with Crippen molar-refractivity contribution in [1.29, 1.82) is 5.26 Å². The van der Waals surface area contributed by atoms with Crippen LogP contribution in [0.15, 0.2) is 210 Å². The molecule has 1 aromatic heterocycles. The first kappa shape index (κ1) is 34.0. The smallest absolute Gasteiger partial charge is 0.160 e. The molecule has 8 aromatic carbocycles. The molecule has 3 nitrogen and oxygen atoms in total. The lowest BCUT2D eigenvalue weighted by Crippen LogP contribution is -2.32. The summed E-state index contributed by atoms with van der Waals surface area (Å²) < 4.78 is 0. The standard InChI is InChI=1S/C54H33N3S/c55-34-35-22-24-36(25-23-35)37-26-28-38(29-27-37)42-18-11-21-47-52(42)58-51-31-30-41(32-48(51)54(47)45-19-9-7-16-43(45)44-17-8-10-20-46(44)54)53-56-49(39-12-3-1-4-13-39)33-50(57-53)40-14-5-2-6-15-40/h1-33H. The summed E-state index contributed by atoms with van der Waals surface area (Å²) in [4.78, 5) is 13.0. The van der Waals surface area contributed by atoms with E-state index in [2.05, 4.69) is 170 Å². The first-order chi connectivity index (χ1) is 28.7. The molecule has 0 atom stereocenters. The van der Waals surface area contributed by atoms with E-state index < -0.39 is 5.41 Å². The summed E-state index contributed by atoms with van der Waals surface area (Å²) in [5, 5.41) is 9.31. The average Bonchev–Trinajstić information content (AvgIpc) is 3.60. The molecule has 9 aromatic rings. The molecule has 2 aliphatic rings. The van der Waals surface area contributed by atoms with Gasteiger partial charge in [-0.1, -0.05) is 182 Å². The van der Waals surface area contributed by atoms with Crippen LogP contribution in [0.5, 0.6) is 0 Å². The van der Waals surface area contributed by atoms with Crippen LogP contribution in [-0.2, 0) is 5.41 Å². The molecule has 1 aliphatic heterocycles. The van der Waals surface area contributed by atoms with Crippen molar-refractivity contribution >= 4 is 11.8 Å². The molecule has 4 heteroatoms. The van der Waals surface area contributed by atoms with Gasteiger partial charge in [0.1, 0.15) is 0 Å². The van der Waals surface area contributed by atoms with Crippen molar-refractivity contribution in [3.63, 3.8) is 0 Å². The van der Waals surface area contributed by atoms with E-state index in [1.807, 2.05) is 48.2 Å². The molecule has 0 bridgehead atoms. The molecule has 2 heterocycles. The molecular formula is C54H33N3S. The molecule has 1 spiro atoms. The van der Waals surface area contributed by atoms with Crippen molar-refractivity contribution in [3.05, 3.63) is 228 Å². The largest absolute Gasteiger partial charge is 0.228 e. The summed E-state index contributed by atoms with van der Waals surface area (Å²) in [7, 11) is 0. The lowest BCUT2D eigenvalue weighted by molar-refractivity contribution is 0.723. The summed E-state index contributed by atoms with van der Waals surface area (Å²) >= 11 is 1.85. The van der Waals surface area contributed by atoms with Crippen LogP contribution in [0.1, 0.15) is 27.8 Å². The van der Waals surface area contributed by atoms with Gasteiger partial charge in [0.2, 0.25) is 0 Å². The highest BCUT2D eigenvalue weighted by atomic mass is 32.2. The van der Waals surface area contributed by atoms with E-state index in [4.69, 9.17) is 9.97 Å². The molecule has 0 N–H and O–H groups in total. The van der Waals surface area contributed by atoms with Gasteiger partial charge in [0.05, 0.1) is 28.4 Å². The Labute approximate surface area is 342 Å². The predicted molar refractivity (Wildman–Crippen MR) is 235 cm³/mol. The van der Waals surface area contributed by atoms with Crippen molar-refractivity contribution in [3.8, 4) is 73.4 Å². The molecule has 11 rings (SSSR count). The minimum atomic E-state index is -0.573. The maximum absolute atomic E-state index is 9.31. The minimum Gasteiger partial charge on any atom is -0.228 e. The lowest BCUT2D eigenvalue weighted by atomic mass is 9.66. The van der Waals surface area contributed by atoms with Crippen LogP contribution in [0.4, 0.5) is 0 Å². The maximum Gasteiger partial charge on any atom is 0.160 e. The van der Waals surface area contributed by atoms with Crippen LogP contribution >= 0.6 is 11.8 Å². The molecule has 1 aliphatic carbocycles. The second-order valence-electron chi connectivity index (χ2n) is 14.8. The quantitative estimate of drug-likeness (QED) is 0.175. The summed E-state index contributed by atoms with van der Waals surface area (Å²) in [6, 6.07) is 73.3. The molecule has 0 saturated carbocycles. The Hall–Kier alpha value is -7.32. The van der Waals surface area contributed by atoms with Crippen molar-refractivity contribution < 1.29 is 0 Å². The first-order valence-electron chi connectivity index (χ1n) is 19.5. The Morgan fingerprint density at radius 1 is 0.397 bits per heavy atom. The topological polar surface area (TPSA) is 49.6 Å². The van der Waals surface area contributed by atoms with Crippen molar-refractivity contribution in [2.75, 3.05) is 0 Å². The second kappa shape index (κ2) is 13.7. The van der Waals surface area contributed by atoms with E-state index in [9.17, 15) is 5.26 Å². The van der Waals surface area contributed by atoms with Crippen LogP contribution < -0.4 is 0 Å². The van der Waals surface area contributed by atoms with Crippen molar-refractivity contribution in [2.45, 2.75) is 15.2 Å². The second-order valence-corrected chi connectivity index (χ2v) is 15.8. The number of benzene rings is 8. The van der Waals surface area contributed by atoms with E-state index in [-0.39, 0.29) is 0 Å². The van der Waals surface area contributed by atoms with Crippen LogP contribution in [0.25, 0.3) is 67.3 Å². The minimum absolute atomic E-state index is 0.573. The van der Waals surface area contributed by atoms with Gasteiger partial charge in [-0.05, 0) is 86.0 Å². The molecule has 0 radical (unpaired) electrons. The number of hydrogen-bond acceptors (Lipinski definition) is 4. The van der Waals surface area contributed by atoms with Gasteiger partial charge in [-0.2, -0.15) is 5.26 Å². The average molecular weight is 756 g/mol. The lowest BCUT2D eigenvalue weighted by Gasteiger charge is -2.40. The maximum atomic E-state index is 9.31. The number of fused-ring (bicyclic) bond motifs is 9. The summed E-state index contributed by atoms with van der Waals surface area (Å²) in [6.45, 7) is 0. The molecule has 0 saturated heterocycles. The SMILES string of the molecule is N#Cc1ccc(-c2ccc(-c3cccc4c3Sc3ccc(-c5nc(-c6ccccc6)cc(-c6ccccc6)n5)cc3C43c4ccccc4-c4ccccc43)cc2)cc1. The fraction of sp³-hybridized carbons (Fsp3) is 0.0185. The van der Waals surface area contributed by atoms with Crippen LogP contribution in [0.2, 0.25) is 0 Å². The predicted octanol–water partition coefficient (Wildman–Crippen LogP) is 13.5. The molecular weight excluding hydrogens is 723 g/mol. The summed E-state index contributed by atoms with van der Waals surface area (Å²) in [6.07, 6.45) is 0. The zero-order chi connectivity index (χ0) is 38.6. The number of rotatable bonds is 5. The van der Waals surface area contributed by atoms with Crippen molar-refractivity contribution in [1.82, 2.24) is 9.97 Å². The van der Waals surface area contributed by atoms with Crippen LogP contribution in [0.3, 0.4) is 0 Å². The highest BCUT2D eigenvalue weighted by Crippen LogP contribution is 2.63. The molecule has 58 heavy (non-hydrogen) atoms. The highest BCUT2D eigenvalue weighted by Gasteiger charge is 2.50. The number of hydrogen-bond donors (Lipinski definition) is 0. The third kappa shape index (κ3) is 5.36. The monoisotopic (exact) mass is 755 g/mol. The van der Waals surface area contributed by atoms with E-state index in [0.717, 1.165) is 44.8 Å². The third-order valence-corrected chi connectivity index (χ3v) is 12.9. The van der Waals surface area contributed by atoms with E-state index in [1.54, 1.807) is 0 Å². The molecule has 0 fully saturated rings. The molecule has 270 valence electrons. The molecule has 0 unspecified atom stereocenters. The Balaban J connectivity index is 1.12. The van der Waals surface area contributed by atoms with Gasteiger partial charge in [-0.3, -0.25) is 0 Å². The van der Waals surface area contributed by atoms with Gasteiger partial charge in [0.25, 0.3) is 0 Å². The van der Waals surface area contributed by atoms with E-state index in [0.29, 0.717) is 11.4 Å². The Kier molecular flexibility index (Phi) is 8.03. The van der Waals surface area contributed by atoms with Crippen LogP contribution in [-0.4, -0.2) is 9.97 Å². The van der Waals surface area contributed by atoms with Crippen molar-refractivity contribution in [2.24, 2.45) is 0 Å². The van der Waals surface area contributed by atoms with Gasteiger partial charge in [-0.25, -0.2) is 9.97 Å². The van der Waals surface area contributed by atoms with Crippen LogP contribution in [0, 0.1) is 11.3 Å². The summed E-state index contributed by atoms with van der Waals surface area (Å²) in [5.41, 5.74) is 17.1. The van der Waals surface area contributed by atoms with E-state index in [1.165, 1.54) is 48.7 Å². The fourth-order valence-corrected chi connectivity index (χ4v) is 10.3. The highest BCUT2D eigenvalue weighted by molar-refractivity contribution is 7.99. The number of nitrogens with zero attached hydrogens (tertiary/aromatic N) is 3. The summed E-state index contributed by atoms with van der Waals surface area (Å²) in [5.74, 6) is 0.699. The Morgan fingerprint density at radius 3 is 1.50 bits per heavy atom. The first-order valence-corrected chi connectivity index (χ1v) is 20.3.